The summed E-state index contributed by atoms with van der Waals surface area (Å²) in [7, 11) is 0. The lowest BCUT2D eigenvalue weighted by molar-refractivity contribution is -0.119. The van der Waals surface area contributed by atoms with Crippen molar-refractivity contribution in [3.63, 3.8) is 0 Å². The molecule has 1 atom stereocenters. The number of amides is 1. The Balaban J connectivity index is 1.49. The van der Waals surface area contributed by atoms with Crippen LogP contribution in [0, 0.1) is 0 Å². The van der Waals surface area contributed by atoms with Crippen LogP contribution in [0.1, 0.15) is 18.5 Å². The summed E-state index contributed by atoms with van der Waals surface area (Å²) >= 11 is 1.39. The first-order valence-electron chi connectivity index (χ1n) is 8.42. The second-order valence-electron chi connectivity index (χ2n) is 6.06. The van der Waals surface area contributed by atoms with Crippen LogP contribution < -0.4 is 5.32 Å². The molecule has 1 N–H and O–H groups in total. The van der Waals surface area contributed by atoms with Crippen molar-refractivity contribution < 1.29 is 4.79 Å². The van der Waals surface area contributed by atoms with Crippen LogP contribution in [-0.4, -0.2) is 26.3 Å². The number of rotatable bonds is 5. The molecule has 6 heteroatoms. The van der Waals surface area contributed by atoms with Gasteiger partial charge in [0.15, 0.2) is 10.8 Å². The summed E-state index contributed by atoms with van der Waals surface area (Å²) in [6, 6.07) is 22.0. The van der Waals surface area contributed by atoms with E-state index in [0.29, 0.717) is 5.75 Å². The molecule has 0 aliphatic heterocycles. The molecule has 2 aromatic heterocycles. The van der Waals surface area contributed by atoms with Crippen LogP contribution in [0.4, 0.5) is 0 Å². The molecule has 0 bridgehead atoms. The third-order valence-electron chi connectivity index (χ3n) is 4.26. The molecule has 0 fully saturated rings. The summed E-state index contributed by atoms with van der Waals surface area (Å²) in [6.07, 6.45) is 0. The van der Waals surface area contributed by atoms with Crippen molar-refractivity contribution in [2.24, 2.45) is 0 Å². The Labute approximate surface area is 155 Å². The number of aromatic nitrogens is 3. The van der Waals surface area contributed by atoms with Gasteiger partial charge in [0, 0.05) is 0 Å². The molecule has 5 nitrogen and oxygen atoms in total. The molecule has 0 saturated carbocycles. The fraction of sp³-hybridized carbons (Fsp3) is 0.150. The number of hydrogen-bond donors (Lipinski definition) is 1. The zero-order valence-electron chi connectivity index (χ0n) is 14.3. The maximum absolute atomic E-state index is 12.3. The lowest BCUT2D eigenvalue weighted by Crippen LogP contribution is -2.28. The third-order valence-corrected chi connectivity index (χ3v) is 5.19. The van der Waals surface area contributed by atoms with E-state index in [4.69, 9.17) is 0 Å². The van der Waals surface area contributed by atoms with Crippen molar-refractivity contribution in [2.45, 2.75) is 18.1 Å². The Morgan fingerprint density at radius 1 is 1.04 bits per heavy atom. The topological polar surface area (TPSA) is 59.3 Å². The van der Waals surface area contributed by atoms with Gasteiger partial charge in [-0.1, -0.05) is 60.3 Å². The predicted octanol–water partition coefficient (Wildman–Crippen LogP) is 3.85. The molecule has 130 valence electrons. The molecule has 0 aliphatic rings. The maximum atomic E-state index is 12.3. The van der Waals surface area contributed by atoms with E-state index < -0.39 is 0 Å². The smallest absolute Gasteiger partial charge is 0.230 e. The monoisotopic (exact) mass is 362 g/mol. The standard InChI is InChI=1S/C20H18N4OS/c1-14(15-7-3-2-4-8-15)21-19(25)13-26-20-23-22-18-12-11-16-9-5-6-10-17(16)24(18)20/h2-12,14H,13H2,1H3,(H,21,25). The van der Waals surface area contributed by atoms with E-state index in [-0.39, 0.29) is 11.9 Å². The first kappa shape index (κ1) is 16.6. The van der Waals surface area contributed by atoms with Crippen LogP contribution >= 0.6 is 11.8 Å². The number of pyridine rings is 1. The third kappa shape index (κ3) is 3.28. The van der Waals surface area contributed by atoms with Gasteiger partial charge in [0.25, 0.3) is 0 Å². The van der Waals surface area contributed by atoms with Gasteiger partial charge in [0.05, 0.1) is 17.3 Å². The highest BCUT2D eigenvalue weighted by Gasteiger charge is 2.13. The molecular weight excluding hydrogens is 344 g/mol. The summed E-state index contributed by atoms with van der Waals surface area (Å²) < 4.78 is 1.99. The fourth-order valence-corrected chi connectivity index (χ4v) is 3.71. The van der Waals surface area contributed by atoms with E-state index in [0.717, 1.165) is 27.3 Å². The highest BCUT2D eigenvalue weighted by Crippen LogP contribution is 2.23. The molecule has 0 radical (unpaired) electrons. The largest absolute Gasteiger partial charge is 0.349 e. The number of benzene rings is 2. The molecule has 1 amide bonds. The number of carbonyl (C=O) groups excluding carboxylic acids is 1. The summed E-state index contributed by atoms with van der Waals surface area (Å²) in [4.78, 5) is 12.3. The van der Waals surface area contributed by atoms with Crippen molar-refractivity contribution in [1.82, 2.24) is 19.9 Å². The van der Waals surface area contributed by atoms with E-state index in [1.54, 1.807) is 0 Å². The van der Waals surface area contributed by atoms with Crippen LogP contribution in [0.15, 0.2) is 71.9 Å². The zero-order valence-corrected chi connectivity index (χ0v) is 15.1. The van der Waals surface area contributed by atoms with Crippen LogP contribution in [0.5, 0.6) is 0 Å². The Bertz CT molecular complexity index is 1060. The molecular formula is C20H18N4OS. The highest BCUT2D eigenvalue weighted by atomic mass is 32.2. The van der Waals surface area contributed by atoms with Gasteiger partial charge in [0.1, 0.15) is 0 Å². The van der Waals surface area contributed by atoms with Crippen molar-refractivity contribution in [2.75, 3.05) is 5.75 Å². The minimum Gasteiger partial charge on any atom is -0.349 e. The van der Waals surface area contributed by atoms with Gasteiger partial charge in [-0.2, -0.15) is 0 Å². The quantitative estimate of drug-likeness (QED) is 0.548. The van der Waals surface area contributed by atoms with Gasteiger partial charge >= 0.3 is 0 Å². The van der Waals surface area contributed by atoms with Crippen molar-refractivity contribution in [3.05, 3.63) is 72.3 Å². The van der Waals surface area contributed by atoms with Crippen molar-refractivity contribution in [3.8, 4) is 0 Å². The van der Waals surface area contributed by atoms with E-state index in [1.165, 1.54) is 11.8 Å². The second-order valence-corrected chi connectivity index (χ2v) is 7.00. The van der Waals surface area contributed by atoms with Crippen LogP contribution in [0.2, 0.25) is 0 Å². The normalized spacial score (nSPS) is 12.3. The van der Waals surface area contributed by atoms with E-state index in [9.17, 15) is 4.79 Å². The Morgan fingerprint density at radius 3 is 2.65 bits per heavy atom. The van der Waals surface area contributed by atoms with Gasteiger partial charge in [-0.3, -0.25) is 9.20 Å². The maximum Gasteiger partial charge on any atom is 0.230 e. The highest BCUT2D eigenvalue weighted by molar-refractivity contribution is 7.99. The Kier molecular flexibility index (Phi) is 4.58. The van der Waals surface area contributed by atoms with Gasteiger partial charge in [-0.15, -0.1) is 10.2 Å². The SMILES string of the molecule is CC(NC(=O)CSc1nnc2ccc3ccccc3n12)c1ccccc1. The molecule has 0 spiro atoms. The number of para-hydroxylation sites is 1. The molecule has 1 unspecified atom stereocenters. The number of nitrogens with zero attached hydrogens (tertiary/aromatic N) is 3. The lowest BCUT2D eigenvalue weighted by atomic mass is 10.1. The van der Waals surface area contributed by atoms with Crippen LogP contribution in [0.25, 0.3) is 16.6 Å². The van der Waals surface area contributed by atoms with E-state index in [2.05, 4.69) is 21.6 Å². The molecule has 26 heavy (non-hydrogen) atoms. The Morgan fingerprint density at radius 2 is 1.81 bits per heavy atom. The molecule has 0 aliphatic carbocycles. The first-order chi connectivity index (χ1) is 12.7. The molecule has 2 aromatic carbocycles. The number of fused-ring (bicyclic) bond motifs is 3. The van der Waals surface area contributed by atoms with Crippen LogP contribution in [0.3, 0.4) is 0 Å². The zero-order chi connectivity index (χ0) is 17.9. The van der Waals surface area contributed by atoms with Gasteiger partial charge in [0.2, 0.25) is 5.91 Å². The molecule has 0 saturated heterocycles. The van der Waals surface area contributed by atoms with Crippen molar-refractivity contribution >= 4 is 34.2 Å². The van der Waals surface area contributed by atoms with E-state index in [1.807, 2.05) is 72.0 Å². The summed E-state index contributed by atoms with van der Waals surface area (Å²) in [6.45, 7) is 1.98. The molecule has 4 aromatic rings. The van der Waals surface area contributed by atoms with E-state index >= 15 is 0 Å². The summed E-state index contributed by atoms with van der Waals surface area (Å²) in [5.41, 5.74) is 2.91. The lowest BCUT2D eigenvalue weighted by Gasteiger charge is -2.13. The number of nitrogens with one attached hydrogen (secondary N) is 1. The second kappa shape index (κ2) is 7.17. The summed E-state index contributed by atoms with van der Waals surface area (Å²) in [5, 5.41) is 13.3. The van der Waals surface area contributed by atoms with Gasteiger partial charge < -0.3 is 5.32 Å². The number of carbonyl (C=O) groups is 1. The minimum absolute atomic E-state index is 0.0247. The number of thioether (sulfide) groups is 1. The Hall–Kier alpha value is -2.86. The average Bonchev–Trinajstić information content (AvgIpc) is 3.10. The first-order valence-corrected chi connectivity index (χ1v) is 9.41. The fourth-order valence-electron chi connectivity index (χ4n) is 2.94. The average molecular weight is 362 g/mol. The molecule has 4 rings (SSSR count). The van der Waals surface area contributed by atoms with Gasteiger partial charge in [-0.05, 0) is 36.1 Å². The minimum atomic E-state index is -0.0275. The van der Waals surface area contributed by atoms with Gasteiger partial charge in [-0.25, -0.2) is 0 Å². The summed E-state index contributed by atoms with van der Waals surface area (Å²) in [5.74, 6) is 0.268. The number of hydrogen-bond acceptors (Lipinski definition) is 4. The van der Waals surface area contributed by atoms with Crippen molar-refractivity contribution in [1.29, 1.82) is 0 Å². The molecule has 2 heterocycles. The predicted molar refractivity (Wildman–Crippen MR) is 104 cm³/mol. The van der Waals surface area contributed by atoms with Crippen LogP contribution in [-0.2, 0) is 4.79 Å².